The third-order valence-electron chi connectivity index (χ3n) is 3.40. The molecule has 110 valence electrons. The van der Waals surface area contributed by atoms with Gasteiger partial charge < -0.3 is 5.32 Å². The molecule has 0 atom stereocenters. The highest BCUT2D eigenvalue weighted by atomic mass is 32.1. The summed E-state index contributed by atoms with van der Waals surface area (Å²) in [7, 11) is 0. The smallest absolute Gasteiger partial charge is 0.238 e. The van der Waals surface area contributed by atoms with Crippen molar-refractivity contribution in [3.8, 4) is 0 Å². The van der Waals surface area contributed by atoms with Gasteiger partial charge in [0.15, 0.2) is 0 Å². The van der Waals surface area contributed by atoms with Gasteiger partial charge in [-0.05, 0) is 35.6 Å². The van der Waals surface area contributed by atoms with E-state index in [0.717, 1.165) is 37.7 Å². The van der Waals surface area contributed by atoms with Gasteiger partial charge in [0.2, 0.25) is 5.91 Å². The zero-order valence-electron chi connectivity index (χ0n) is 11.2. The fourth-order valence-electron chi connectivity index (χ4n) is 2.47. The van der Waals surface area contributed by atoms with Crippen LogP contribution in [0.1, 0.15) is 10.4 Å². The predicted octanol–water partition coefficient (Wildman–Crippen LogP) is 3.02. The molecule has 1 aromatic carbocycles. The van der Waals surface area contributed by atoms with Gasteiger partial charge in [0.05, 0.1) is 6.54 Å². The molecule has 21 heavy (non-hydrogen) atoms. The molecular weight excluding hydrogens is 294 g/mol. The van der Waals surface area contributed by atoms with Crippen molar-refractivity contribution in [1.82, 2.24) is 4.90 Å². The van der Waals surface area contributed by atoms with Crippen LogP contribution in [0.3, 0.4) is 0 Å². The molecule has 2 aromatic rings. The zero-order chi connectivity index (χ0) is 14.8. The number of carbonyl (C=O) groups is 1. The SMILES string of the molecule is O=C(CN1CCc2sccc2C1)Nc1cc(F)cc(F)c1. The Morgan fingerprint density at radius 1 is 1.29 bits per heavy atom. The number of rotatable bonds is 3. The van der Waals surface area contributed by atoms with E-state index in [2.05, 4.69) is 16.8 Å². The number of fused-ring (bicyclic) bond motifs is 1. The highest BCUT2D eigenvalue weighted by Gasteiger charge is 2.19. The van der Waals surface area contributed by atoms with Gasteiger partial charge in [-0.15, -0.1) is 11.3 Å². The first-order chi connectivity index (χ1) is 10.1. The third-order valence-corrected chi connectivity index (χ3v) is 4.42. The van der Waals surface area contributed by atoms with E-state index < -0.39 is 11.6 Å². The van der Waals surface area contributed by atoms with Crippen LogP contribution in [0.25, 0.3) is 0 Å². The molecule has 3 rings (SSSR count). The summed E-state index contributed by atoms with van der Waals surface area (Å²) in [6, 6.07) is 5.06. The molecule has 1 aliphatic heterocycles. The minimum atomic E-state index is -0.703. The summed E-state index contributed by atoms with van der Waals surface area (Å²) >= 11 is 1.74. The Balaban J connectivity index is 1.60. The van der Waals surface area contributed by atoms with Gasteiger partial charge in [-0.1, -0.05) is 0 Å². The number of carbonyl (C=O) groups excluding carboxylic acids is 1. The third kappa shape index (κ3) is 3.46. The lowest BCUT2D eigenvalue weighted by molar-refractivity contribution is -0.117. The number of nitrogens with zero attached hydrogens (tertiary/aromatic N) is 1. The molecular formula is C15H14F2N2OS. The van der Waals surface area contributed by atoms with Crippen molar-refractivity contribution in [3.05, 3.63) is 51.7 Å². The molecule has 1 amide bonds. The Morgan fingerprint density at radius 3 is 2.81 bits per heavy atom. The molecule has 1 aromatic heterocycles. The number of hydrogen-bond acceptors (Lipinski definition) is 3. The second kappa shape index (κ2) is 5.91. The largest absolute Gasteiger partial charge is 0.325 e. The maximum Gasteiger partial charge on any atom is 0.238 e. The van der Waals surface area contributed by atoms with Crippen LogP contribution in [0.15, 0.2) is 29.6 Å². The van der Waals surface area contributed by atoms with Gasteiger partial charge in [-0.2, -0.15) is 0 Å². The van der Waals surface area contributed by atoms with E-state index in [1.54, 1.807) is 11.3 Å². The zero-order valence-corrected chi connectivity index (χ0v) is 12.1. The van der Waals surface area contributed by atoms with Crippen molar-refractivity contribution in [2.24, 2.45) is 0 Å². The number of benzene rings is 1. The van der Waals surface area contributed by atoms with E-state index in [1.165, 1.54) is 10.4 Å². The molecule has 1 N–H and O–H groups in total. The lowest BCUT2D eigenvalue weighted by Crippen LogP contribution is -2.36. The van der Waals surface area contributed by atoms with Crippen LogP contribution in [0.2, 0.25) is 0 Å². The van der Waals surface area contributed by atoms with Crippen LogP contribution in [0.4, 0.5) is 14.5 Å². The molecule has 2 heterocycles. The van der Waals surface area contributed by atoms with Gasteiger partial charge in [0.25, 0.3) is 0 Å². The molecule has 0 aliphatic carbocycles. The van der Waals surface area contributed by atoms with Crippen molar-refractivity contribution < 1.29 is 13.6 Å². The summed E-state index contributed by atoms with van der Waals surface area (Å²) in [4.78, 5) is 15.4. The quantitative estimate of drug-likeness (QED) is 0.945. The van der Waals surface area contributed by atoms with Gasteiger partial charge in [-0.3, -0.25) is 9.69 Å². The predicted molar refractivity (Wildman–Crippen MR) is 78.3 cm³/mol. The Labute approximate surface area is 125 Å². The van der Waals surface area contributed by atoms with Gasteiger partial charge in [0, 0.05) is 29.7 Å². The van der Waals surface area contributed by atoms with E-state index in [-0.39, 0.29) is 18.1 Å². The topological polar surface area (TPSA) is 32.3 Å². The van der Waals surface area contributed by atoms with Crippen LogP contribution >= 0.6 is 11.3 Å². The summed E-state index contributed by atoms with van der Waals surface area (Å²) < 4.78 is 26.1. The Hall–Kier alpha value is -1.79. The van der Waals surface area contributed by atoms with Crippen LogP contribution in [0, 0.1) is 11.6 Å². The Kier molecular flexibility index (Phi) is 3.98. The van der Waals surface area contributed by atoms with E-state index >= 15 is 0 Å². The molecule has 0 bridgehead atoms. The molecule has 0 unspecified atom stereocenters. The number of hydrogen-bond donors (Lipinski definition) is 1. The molecule has 1 aliphatic rings. The normalized spacial score (nSPS) is 14.8. The molecule has 0 radical (unpaired) electrons. The van der Waals surface area contributed by atoms with E-state index in [1.807, 2.05) is 4.90 Å². The summed E-state index contributed by atoms with van der Waals surface area (Å²) in [6.45, 7) is 1.77. The van der Waals surface area contributed by atoms with Crippen LogP contribution in [0.5, 0.6) is 0 Å². The van der Waals surface area contributed by atoms with E-state index in [9.17, 15) is 13.6 Å². The van der Waals surface area contributed by atoms with Crippen molar-refractivity contribution in [1.29, 1.82) is 0 Å². The first-order valence-electron chi connectivity index (χ1n) is 6.64. The second-order valence-corrected chi connectivity index (χ2v) is 6.04. The van der Waals surface area contributed by atoms with Gasteiger partial charge in [0.1, 0.15) is 11.6 Å². The maximum absolute atomic E-state index is 13.1. The molecule has 6 heteroatoms. The van der Waals surface area contributed by atoms with E-state index in [0.29, 0.717) is 0 Å². The van der Waals surface area contributed by atoms with Crippen LogP contribution in [-0.2, 0) is 17.8 Å². The average Bonchev–Trinajstić information content (AvgIpc) is 2.84. The standard InChI is InChI=1S/C15H14F2N2OS/c16-11-5-12(17)7-13(6-11)18-15(20)9-19-3-1-14-10(8-19)2-4-21-14/h2,4-7H,1,3,8-9H2,(H,18,20). The van der Waals surface area contributed by atoms with Crippen molar-refractivity contribution in [3.63, 3.8) is 0 Å². The highest BCUT2D eigenvalue weighted by molar-refractivity contribution is 7.10. The van der Waals surface area contributed by atoms with Gasteiger partial charge in [-0.25, -0.2) is 8.78 Å². The number of thiophene rings is 1. The first kappa shape index (κ1) is 14.2. The number of halogens is 2. The molecule has 0 spiro atoms. The maximum atomic E-state index is 13.1. The monoisotopic (exact) mass is 308 g/mol. The van der Waals surface area contributed by atoms with Crippen molar-refractivity contribution in [2.45, 2.75) is 13.0 Å². The fourth-order valence-corrected chi connectivity index (χ4v) is 3.36. The fraction of sp³-hybridized carbons (Fsp3) is 0.267. The van der Waals surface area contributed by atoms with Crippen LogP contribution in [-0.4, -0.2) is 23.9 Å². The summed E-state index contributed by atoms with van der Waals surface area (Å²) in [5.74, 6) is -1.67. The number of amides is 1. The highest BCUT2D eigenvalue weighted by Crippen LogP contribution is 2.23. The lowest BCUT2D eigenvalue weighted by atomic mass is 10.1. The lowest BCUT2D eigenvalue weighted by Gasteiger charge is -2.26. The minimum absolute atomic E-state index is 0.144. The minimum Gasteiger partial charge on any atom is -0.325 e. The molecule has 0 saturated carbocycles. The number of nitrogens with one attached hydrogen (secondary N) is 1. The number of anilines is 1. The van der Waals surface area contributed by atoms with Crippen molar-refractivity contribution in [2.75, 3.05) is 18.4 Å². The van der Waals surface area contributed by atoms with Crippen LogP contribution < -0.4 is 5.32 Å². The summed E-state index contributed by atoms with van der Waals surface area (Å²) in [5, 5.41) is 4.59. The van der Waals surface area contributed by atoms with E-state index in [4.69, 9.17) is 0 Å². The first-order valence-corrected chi connectivity index (χ1v) is 7.51. The second-order valence-electron chi connectivity index (χ2n) is 5.04. The van der Waals surface area contributed by atoms with Crippen molar-refractivity contribution >= 4 is 22.9 Å². The Morgan fingerprint density at radius 2 is 2.05 bits per heavy atom. The summed E-state index contributed by atoms with van der Waals surface area (Å²) in [6.07, 6.45) is 0.939. The summed E-state index contributed by atoms with van der Waals surface area (Å²) in [5.41, 5.74) is 1.40. The Bertz CT molecular complexity index is 651. The average molecular weight is 308 g/mol. The molecule has 3 nitrogen and oxygen atoms in total. The molecule has 0 fully saturated rings. The van der Waals surface area contributed by atoms with Gasteiger partial charge >= 0.3 is 0 Å². The molecule has 0 saturated heterocycles.